The highest BCUT2D eigenvalue weighted by molar-refractivity contribution is 5.87. The summed E-state index contributed by atoms with van der Waals surface area (Å²) in [4.78, 5) is 14.6. The largest absolute Gasteiger partial charge is 0.478 e. The van der Waals surface area contributed by atoms with Gasteiger partial charge in [-0.2, -0.15) is 0 Å². The van der Waals surface area contributed by atoms with Crippen LogP contribution < -0.4 is 5.32 Å². The summed E-state index contributed by atoms with van der Waals surface area (Å²) >= 11 is 0. The van der Waals surface area contributed by atoms with Crippen LogP contribution in [0.1, 0.15) is 30.1 Å². The van der Waals surface area contributed by atoms with Gasteiger partial charge in [0.05, 0.1) is 5.56 Å². The molecule has 0 radical (unpaired) electrons. The van der Waals surface area contributed by atoms with Crippen LogP contribution in [0.2, 0.25) is 0 Å². The van der Waals surface area contributed by atoms with E-state index >= 15 is 0 Å². The number of aromatic carboxylic acids is 1. The minimum atomic E-state index is -0.943. The van der Waals surface area contributed by atoms with Gasteiger partial charge in [0.1, 0.15) is 5.82 Å². The Kier molecular flexibility index (Phi) is 1.91. The van der Waals surface area contributed by atoms with Crippen molar-refractivity contribution in [2.24, 2.45) is 0 Å². The van der Waals surface area contributed by atoms with Crippen LogP contribution >= 0.6 is 0 Å². The van der Waals surface area contributed by atoms with Gasteiger partial charge < -0.3 is 10.4 Å². The molecular formula is C10H12N2O2. The Morgan fingerprint density at radius 2 is 2.29 bits per heavy atom. The van der Waals surface area contributed by atoms with Gasteiger partial charge in [-0.05, 0) is 31.9 Å². The molecule has 2 rings (SSSR count). The van der Waals surface area contributed by atoms with Crippen LogP contribution in [0.15, 0.2) is 18.3 Å². The molecule has 0 unspecified atom stereocenters. The first-order valence-corrected chi connectivity index (χ1v) is 4.57. The van der Waals surface area contributed by atoms with E-state index in [4.69, 9.17) is 5.11 Å². The van der Waals surface area contributed by atoms with E-state index in [0.29, 0.717) is 0 Å². The monoisotopic (exact) mass is 192 g/mol. The lowest BCUT2D eigenvalue weighted by molar-refractivity contribution is 0.0696. The number of carbonyl (C=O) groups is 1. The van der Waals surface area contributed by atoms with Crippen molar-refractivity contribution in [1.82, 2.24) is 4.98 Å². The van der Waals surface area contributed by atoms with Crippen molar-refractivity contribution < 1.29 is 9.90 Å². The van der Waals surface area contributed by atoms with Crippen molar-refractivity contribution in [1.29, 1.82) is 0 Å². The number of nitrogens with zero attached hydrogens (tertiary/aromatic N) is 1. The highest BCUT2D eigenvalue weighted by Gasteiger charge is 2.37. The van der Waals surface area contributed by atoms with E-state index in [0.717, 1.165) is 18.7 Å². The maximum Gasteiger partial charge on any atom is 0.337 e. The van der Waals surface area contributed by atoms with E-state index in [2.05, 4.69) is 17.2 Å². The Morgan fingerprint density at radius 3 is 2.71 bits per heavy atom. The van der Waals surface area contributed by atoms with Crippen LogP contribution in [0.3, 0.4) is 0 Å². The first kappa shape index (κ1) is 8.99. The SMILES string of the molecule is CC1(Nc2ccc(C(=O)O)cn2)CC1. The Morgan fingerprint density at radius 1 is 1.57 bits per heavy atom. The Labute approximate surface area is 82.0 Å². The predicted molar refractivity (Wildman–Crippen MR) is 52.5 cm³/mol. The molecule has 1 saturated carbocycles. The third-order valence-corrected chi connectivity index (χ3v) is 2.44. The lowest BCUT2D eigenvalue weighted by atomic mass is 10.2. The van der Waals surface area contributed by atoms with Crippen molar-refractivity contribution in [3.63, 3.8) is 0 Å². The fourth-order valence-corrected chi connectivity index (χ4v) is 1.22. The van der Waals surface area contributed by atoms with Gasteiger partial charge in [-0.25, -0.2) is 9.78 Å². The van der Waals surface area contributed by atoms with Crippen LogP contribution in [0.4, 0.5) is 5.82 Å². The van der Waals surface area contributed by atoms with Gasteiger partial charge in [0.2, 0.25) is 0 Å². The van der Waals surface area contributed by atoms with Crippen molar-refractivity contribution >= 4 is 11.8 Å². The van der Waals surface area contributed by atoms with Gasteiger partial charge >= 0.3 is 5.97 Å². The third-order valence-electron chi connectivity index (χ3n) is 2.44. The number of pyridine rings is 1. The van der Waals surface area contributed by atoms with E-state index in [-0.39, 0.29) is 11.1 Å². The van der Waals surface area contributed by atoms with Crippen LogP contribution in [-0.4, -0.2) is 21.6 Å². The van der Waals surface area contributed by atoms with Gasteiger partial charge in [-0.15, -0.1) is 0 Å². The maximum absolute atomic E-state index is 10.5. The molecule has 4 nitrogen and oxygen atoms in total. The molecule has 4 heteroatoms. The number of hydrogen-bond donors (Lipinski definition) is 2. The lowest BCUT2D eigenvalue weighted by Gasteiger charge is -2.11. The molecule has 1 heterocycles. The van der Waals surface area contributed by atoms with Gasteiger partial charge in [0.25, 0.3) is 0 Å². The maximum atomic E-state index is 10.5. The summed E-state index contributed by atoms with van der Waals surface area (Å²) in [6, 6.07) is 3.26. The number of carboxylic acids is 1. The van der Waals surface area contributed by atoms with E-state index in [1.54, 1.807) is 12.1 Å². The molecule has 0 aromatic carbocycles. The molecule has 1 aliphatic carbocycles. The first-order valence-electron chi connectivity index (χ1n) is 4.57. The molecule has 2 N–H and O–H groups in total. The minimum Gasteiger partial charge on any atom is -0.478 e. The zero-order chi connectivity index (χ0) is 10.2. The lowest BCUT2D eigenvalue weighted by Crippen LogP contribution is -2.16. The third kappa shape index (κ3) is 1.84. The second kappa shape index (κ2) is 2.97. The summed E-state index contributed by atoms with van der Waals surface area (Å²) in [6.07, 6.45) is 3.67. The van der Waals surface area contributed by atoms with E-state index < -0.39 is 5.97 Å². The smallest absolute Gasteiger partial charge is 0.337 e. The summed E-state index contributed by atoms with van der Waals surface area (Å²) in [5.41, 5.74) is 0.397. The van der Waals surface area contributed by atoms with E-state index in [1.807, 2.05) is 0 Å². The second-order valence-corrected chi connectivity index (χ2v) is 3.92. The van der Waals surface area contributed by atoms with E-state index in [1.165, 1.54) is 6.20 Å². The number of rotatable bonds is 3. The molecule has 1 fully saturated rings. The Hall–Kier alpha value is -1.58. The van der Waals surface area contributed by atoms with Crippen LogP contribution in [0, 0.1) is 0 Å². The van der Waals surface area contributed by atoms with Crippen molar-refractivity contribution in [2.75, 3.05) is 5.32 Å². The molecule has 1 aliphatic rings. The fraction of sp³-hybridized carbons (Fsp3) is 0.400. The summed E-state index contributed by atoms with van der Waals surface area (Å²) in [5.74, 6) is -0.198. The van der Waals surface area contributed by atoms with Crippen molar-refractivity contribution in [2.45, 2.75) is 25.3 Å². The highest BCUT2D eigenvalue weighted by Crippen LogP contribution is 2.37. The number of aromatic nitrogens is 1. The molecule has 0 aliphatic heterocycles. The zero-order valence-corrected chi connectivity index (χ0v) is 7.95. The molecule has 0 bridgehead atoms. The summed E-state index contributed by atoms with van der Waals surface area (Å²) in [5, 5.41) is 11.9. The van der Waals surface area contributed by atoms with Gasteiger partial charge in [0, 0.05) is 11.7 Å². The molecule has 0 atom stereocenters. The van der Waals surface area contributed by atoms with E-state index in [9.17, 15) is 4.79 Å². The van der Waals surface area contributed by atoms with Crippen molar-refractivity contribution in [3.8, 4) is 0 Å². The molecule has 0 saturated heterocycles. The fourth-order valence-electron chi connectivity index (χ4n) is 1.22. The standard InChI is InChI=1S/C10H12N2O2/c1-10(4-5-10)12-8-3-2-7(6-11-8)9(13)14/h2-3,6H,4-5H2,1H3,(H,11,12)(H,13,14). The average molecular weight is 192 g/mol. The van der Waals surface area contributed by atoms with Gasteiger partial charge in [0.15, 0.2) is 0 Å². The topological polar surface area (TPSA) is 62.2 Å². The average Bonchev–Trinajstić information content (AvgIpc) is 2.84. The second-order valence-electron chi connectivity index (χ2n) is 3.92. The molecule has 0 amide bonds. The first-order chi connectivity index (χ1) is 6.59. The number of anilines is 1. The van der Waals surface area contributed by atoms with Crippen LogP contribution in [0.5, 0.6) is 0 Å². The quantitative estimate of drug-likeness (QED) is 0.765. The molecule has 14 heavy (non-hydrogen) atoms. The normalized spacial score (nSPS) is 17.5. The number of carboxylic acid groups (broad SMARTS) is 1. The highest BCUT2D eigenvalue weighted by atomic mass is 16.4. The Balaban J connectivity index is 2.10. The summed E-state index contributed by atoms with van der Waals surface area (Å²) in [6.45, 7) is 2.12. The number of nitrogens with one attached hydrogen (secondary N) is 1. The number of hydrogen-bond acceptors (Lipinski definition) is 3. The molecule has 1 aromatic heterocycles. The van der Waals surface area contributed by atoms with Crippen LogP contribution in [0.25, 0.3) is 0 Å². The molecule has 0 spiro atoms. The van der Waals surface area contributed by atoms with Gasteiger partial charge in [-0.1, -0.05) is 0 Å². The van der Waals surface area contributed by atoms with Gasteiger partial charge in [-0.3, -0.25) is 0 Å². The summed E-state index contributed by atoms with van der Waals surface area (Å²) in [7, 11) is 0. The van der Waals surface area contributed by atoms with Crippen molar-refractivity contribution in [3.05, 3.63) is 23.9 Å². The Bertz CT molecular complexity index is 355. The summed E-state index contributed by atoms with van der Waals surface area (Å²) < 4.78 is 0. The molecule has 1 aromatic rings. The minimum absolute atomic E-state index is 0.178. The molecular weight excluding hydrogens is 180 g/mol. The molecule has 74 valence electrons. The predicted octanol–water partition coefficient (Wildman–Crippen LogP) is 1.74. The van der Waals surface area contributed by atoms with Crippen LogP contribution in [-0.2, 0) is 0 Å². The zero-order valence-electron chi connectivity index (χ0n) is 7.95.